The molecular weight excluding hydrogens is 380 g/mol. The normalized spacial score (nSPS) is 29.9. The average Bonchev–Trinajstić information content (AvgIpc) is 3.12. The lowest BCUT2D eigenvalue weighted by atomic mass is 9.87. The minimum atomic E-state index is -2.89. The first kappa shape index (κ1) is 20.5. The van der Waals surface area contributed by atoms with E-state index in [-0.39, 0.29) is 5.69 Å². The molecule has 3 heterocycles. The molecular formula is C21H31F2N3OS. The number of ether oxygens (including phenoxy) is 1. The van der Waals surface area contributed by atoms with Gasteiger partial charge in [-0.15, -0.1) is 0 Å². The van der Waals surface area contributed by atoms with Crippen molar-refractivity contribution in [3.8, 4) is 0 Å². The molecule has 0 aromatic carbocycles. The van der Waals surface area contributed by atoms with Crippen molar-refractivity contribution in [2.24, 2.45) is 17.3 Å². The predicted octanol–water partition coefficient (Wildman–Crippen LogP) is 4.19. The van der Waals surface area contributed by atoms with E-state index in [1.807, 2.05) is 6.92 Å². The molecule has 1 aromatic rings. The van der Waals surface area contributed by atoms with Crippen LogP contribution in [0.25, 0.3) is 0 Å². The molecule has 1 aromatic heterocycles. The molecule has 2 aliphatic heterocycles. The van der Waals surface area contributed by atoms with Gasteiger partial charge >= 0.3 is 0 Å². The molecule has 3 fully saturated rings. The molecule has 3 aliphatic rings. The second-order valence-corrected chi connectivity index (χ2v) is 10.6. The summed E-state index contributed by atoms with van der Waals surface area (Å²) in [6.07, 6.45) is 2.51. The number of halogens is 2. The molecule has 4 rings (SSSR count). The highest BCUT2D eigenvalue weighted by molar-refractivity contribution is 7.97. The van der Waals surface area contributed by atoms with Crippen LogP contribution in [0.15, 0.2) is 17.0 Å². The van der Waals surface area contributed by atoms with Gasteiger partial charge in [0.1, 0.15) is 5.69 Å². The van der Waals surface area contributed by atoms with Crippen LogP contribution in [0.2, 0.25) is 0 Å². The topological polar surface area (TPSA) is 28.6 Å². The van der Waals surface area contributed by atoms with E-state index in [0.29, 0.717) is 17.2 Å². The first-order chi connectivity index (χ1) is 13.1. The van der Waals surface area contributed by atoms with E-state index in [1.165, 1.54) is 18.9 Å². The lowest BCUT2D eigenvalue weighted by molar-refractivity contribution is -0.116. The third-order valence-electron chi connectivity index (χ3n) is 6.56. The highest BCUT2D eigenvalue weighted by atomic mass is 32.2. The Morgan fingerprint density at radius 3 is 2.43 bits per heavy atom. The van der Waals surface area contributed by atoms with Gasteiger partial charge in [0.15, 0.2) is 0 Å². The minimum Gasteiger partial charge on any atom is -0.380 e. The van der Waals surface area contributed by atoms with Crippen molar-refractivity contribution in [3.63, 3.8) is 0 Å². The van der Waals surface area contributed by atoms with Gasteiger partial charge in [0.25, 0.3) is 5.92 Å². The summed E-state index contributed by atoms with van der Waals surface area (Å²) in [6, 6.07) is 3.93. The molecule has 0 N–H and O–H groups in total. The summed E-state index contributed by atoms with van der Waals surface area (Å²) in [4.78, 5) is 7.66. The predicted molar refractivity (Wildman–Crippen MR) is 108 cm³/mol. The van der Waals surface area contributed by atoms with Crippen molar-refractivity contribution in [3.05, 3.63) is 23.5 Å². The van der Waals surface area contributed by atoms with Gasteiger partial charge in [0.05, 0.1) is 18.9 Å². The third-order valence-corrected chi connectivity index (χ3v) is 7.75. The first-order valence-corrected chi connectivity index (χ1v) is 11.0. The largest absolute Gasteiger partial charge is 0.380 e. The lowest BCUT2D eigenvalue weighted by Crippen LogP contribution is -2.49. The quantitative estimate of drug-likeness (QED) is 0.655. The zero-order chi connectivity index (χ0) is 20.1. The molecule has 0 radical (unpaired) electrons. The van der Waals surface area contributed by atoms with E-state index < -0.39 is 5.92 Å². The number of hydrogen-bond acceptors (Lipinski definition) is 5. The molecule has 2 unspecified atom stereocenters. The van der Waals surface area contributed by atoms with Gasteiger partial charge in [-0.1, -0.05) is 6.92 Å². The number of aryl methyl sites for hydroxylation is 1. The Kier molecular flexibility index (Phi) is 5.49. The van der Waals surface area contributed by atoms with Crippen LogP contribution in [0.4, 0.5) is 8.78 Å². The number of hydrogen-bond donors (Lipinski definition) is 0. The van der Waals surface area contributed by atoms with Crippen molar-refractivity contribution in [1.82, 2.24) is 14.2 Å². The lowest BCUT2D eigenvalue weighted by Gasteiger charge is -2.42. The van der Waals surface area contributed by atoms with Gasteiger partial charge in [-0.2, -0.15) is 8.78 Å². The zero-order valence-electron chi connectivity index (χ0n) is 17.3. The molecule has 7 heteroatoms. The Balaban J connectivity index is 1.31. The number of nitrogens with zero attached hydrogens (tertiary/aromatic N) is 3. The van der Waals surface area contributed by atoms with E-state index >= 15 is 0 Å². The smallest absolute Gasteiger partial charge is 0.286 e. The fraction of sp³-hybridized carbons (Fsp3) is 0.762. The van der Waals surface area contributed by atoms with Crippen molar-refractivity contribution in [1.29, 1.82) is 0 Å². The van der Waals surface area contributed by atoms with Crippen LogP contribution in [0.3, 0.4) is 0 Å². The summed E-state index contributed by atoms with van der Waals surface area (Å²) < 4.78 is 34.7. The summed E-state index contributed by atoms with van der Waals surface area (Å²) in [5, 5.41) is 0. The maximum absolute atomic E-state index is 13.5. The molecule has 1 aliphatic carbocycles. The minimum absolute atomic E-state index is 0.149. The molecule has 4 nitrogen and oxygen atoms in total. The monoisotopic (exact) mass is 411 g/mol. The van der Waals surface area contributed by atoms with Crippen LogP contribution in [0.5, 0.6) is 0 Å². The van der Waals surface area contributed by atoms with Gasteiger partial charge in [-0.05, 0) is 62.7 Å². The third kappa shape index (κ3) is 4.23. The summed E-state index contributed by atoms with van der Waals surface area (Å²) in [6.45, 7) is 10.1. The molecule has 1 saturated carbocycles. The molecule has 0 bridgehead atoms. The summed E-state index contributed by atoms with van der Waals surface area (Å²) in [5.41, 5.74) is 0.874. The zero-order valence-corrected chi connectivity index (χ0v) is 18.1. The van der Waals surface area contributed by atoms with Gasteiger partial charge < -0.3 is 9.64 Å². The molecule has 0 amide bonds. The summed E-state index contributed by atoms with van der Waals surface area (Å²) >= 11 is 1.68. The Morgan fingerprint density at radius 2 is 1.93 bits per heavy atom. The first-order valence-electron chi connectivity index (χ1n) is 10.2. The summed E-state index contributed by atoms with van der Waals surface area (Å²) in [5.74, 6) is -1.42. The Hall–Kier alpha value is -0.760. The van der Waals surface area contributed by atoms with E-state index in [2.05, 4.69) is 28.2 Å². The fourth-order valence-electron chi connectivity index (χ4n) is 4.96. The summed E-state index contributed by atoms with van der Waals surface area (Å²) in [7, 11) is 2.27. The van der Waals surface area contributed by atoms with Gasteiger partial charge in [-0.3, -0.25) is 4.98 Å². The average molecular weight is 412 g/mol. The Labute approximate surface area is 171 Å². The highest BCUT2D eigenvalue weighted by Gasteiger charge is 2.44. The highest BCUT2D eigenvalue weighted by Crippen LogP contribution is 2.44. The van der Waals surface area contributed by atoms with Crippen molar-refractivity contribution < 1.29 is 13.5 Å². The Morgan fingerprint density at radius 1 is 1.29 bits per heavy atom. The van der Waals surface area contributed by atoms with Crippen LogP contribution in [-0.2, 0) is 10.7 Å². The number of fused-ring (bicyclic) bond motifs is 1. The van der Waals surface area contributed by atoms with Gasteiger partial charge in [0.2, 0.25) is 0 Å². The standard InChI is InChI=1S/C21H31F2N3OS/c1-14-18(5-6-19(24-14)21(3,22)23)28-26-9-15-7-17(8-16(15)10-26)25(4)11-20(2)12-27-13-20/h5-6,15-17H,7-13H2,1-4H3. The van der Waals surface area contributed by atoms with E-state index in [9.17, 15) is 8.78 Å². The van der Waals surface area contributed by atoms with Crippen LogP contribution in [-0.4, -0.2) is 60.1 Å². The van der Waals surface area contributed by atoms with Crippen LogP contribution in [0, 0.1) is 24.2 Å². The second-order valence-electron chi connectivity index (χ2n) is 9.47. The van der Waals surface area contributed by atoms with Crippen LogP contribution in [0.1, 0.15) is 38.1 Å². The fourth-order valence-corrected chi connectivity index (χ4v) is 6.08. The van der Waals surface area contributed by atoms with Gasteiger partial charge in [-0.25, -0.2) is 4.31 Å². The second kappa shape index (κ2) is 7.49. The van der Waals surface area contributed by atoms with E-state index in [1.54, 1.807) is 18.0 Å². The van der Waals surface area contributed by atoms with E-state index in [0.717, 1.165) is 56.5 Å². The van der Waals surface area contributed by atoms with Crippen LogP contribution < -0.4 is 0 Å². The van der Waals surface area contributed by atoms with Crippen molar-refractivity contribution in [2.75, 3.05) is 39.9 Å². The molecule has 0 spiro atoms. The molecule has 156 valence electrons. The Bertz CT molecular complexity index is 708. The van der Waals surface area contributed by atoms with E-state index in [4.69, 9.17) is 4.74 Å². The SMILES string of the molecule is Cc1nc(C(C)(F)F)ccc1SN1CC2CC(N(C)CC3(C)COC3)CC2C1. The van der Waals surface area contributed by atoms with Crippen LogP contribution >= 0.6 is 11.9 Å². The molecule has 2 saturated heterocycles. The maximum atomic E-state index is 13.5. The number of aromatic nitrogens is 1. The number of pyridine rings is 1. The van der Waals surface area contributed by atoms with Crippen molar-refractivity contribution in [2.45, 2.75) is 50.5 Å². The maximum Gasteiger partial charge on any atom is 0.286 e. The van der Waals surface area contributed by atoms with Crippen molar-refractivity contribution >= 4 is 11.9 Å². The number of alkyl halides is 2. The number of rotatable bonds is 6. The molecule has 28 heavy (non-hydrogen) atoms. The van der Waals surface area contributed by atoms with Gasteiger partial charge in [0, 0.05) is 42.9 Å². The molecule has 2 atom stereocenters.